The molecule has 1 saturated heterocycles. The zero-order valence-electron chi connectivity index (χ0n) is 11.0. The fourth-order valence-corrected chi connectivity index (χ4v) is 2.54. The van der Waals surface area contributed by atoms with Crippen molar-refractivity contribution in [2.24, 2.45) is 0 Å². The smallest absolute Gasteiger partial charge is 0.257 e. The molecule has 0 aliphatic carbocycles. The summed E-state index contributed by atoms with van der Waals surface area (Å²) >= 11 is 0. The third-order valence-electron chi connectivity index (χ3n) is 3.67. The van der Waals surface area contributed by atoms with Crippen LogP contribution in [-0.2, 0) is 0 Å². The largest absolute Gasteiger partial charge is 0.466 e. The molecule has 0 spiro atoms. The highest BCUT2D eigenvalue weighted by Gasteiger charge is 2.24. The van der Waals surface area contributed by atoms with Crippen LogP contribution < -0.4 is 0 Å². The van der Waals surface area contributed by atoms with Crippen molar-refractivity contribution >= 4 is 5.91 Å². The minimum absolute atomic E-state index is 0.152. The van der Waals surface area contributed by atoms with Crippen LogP contribution in [0.5, 0.6) is 0 Å². The number of likely N-dealkylation sites (tertiary alicyclic amines) is 1. The Balaban J connectivity index is 2.23. The lowest BCUT2D eigenvalue weighted by atomic mass is 10.1. The number of rotatable bonds is 1. The molecule has 2 rings (SSSR count). The topological polar surface area (TPSA) is 33.5 Å². The second kappa shape index (κ2) is 4.94. The van der Waals surface area contributed by atoms with Crippen LogP contribution in [0.4, 0.5) is 0 Å². The molecule has 94 valence electrons. The summed E-state index contributed by atoms with van der Waals surface area (Å²) in [7, 11) is 0. The SMILES string of the molecule is Cc1oc(C)c(C(=O)N2CCCCCC2)c1C. The van der Waals surface area contributed by atoms with Crippen LogP contribution in [0.15, 0.2) is 4.42 Å². The third kappa shape index (κ3) is 2.38. The van der Waals surface area contributed by atoms with E-state index in [0.717, 1.165) is 48.6 Å². The van der Waals surface area contributed by atoms with E-state index in [4.69, 9.17) is 4.42 Å². The average Bonchev–Trinajstić information content (AvgIpc) is 2.52. The lowest BCUT2D eigenvalue weighted by molar-refractivity contribution is 0.0759. The first-order chi connectivity index (χ1) is 8.11. The summed E-state index contributed by atoms with van der Waals surface area (Å²) < 4.78 is 5.54. The van der Waals surface area contributed by atoms with Crippen LogP contribution >= 0.6 is 0 Å². The Morgan fingerprint density at radius 3 is 2.06 bits per heavy atom. The zero-order valence-corrected chi connectivity index (χ0v) is 11.0. The van der Waals surface area contributed by atoms with Crippen LogP contribution in [-0.4, -0.2) is 23.9 Å². The molecule has 1 amide bonds. The number of carbonyl (C=O) groups is 1. The minimum atomic E-state index is 0.152. The number of carbonyl (C=O) groups excluding carboxylic acids is 1. The monoisotopic (exact) mass is 235 g/mol. The molecule has 0 atom stereocenters. The van der Waals surface area contributed by atoms with E-state index >= 15 is 0 Å². The third-order valence-corrected chi connectivity index (χ3v) is 3.67. The fraction of sp³-hybridized carbons (Fsp3) is 0.643. The number of furan rings is 1. The van der Waals surface area contributed by atoms with Gasteiger partial charge in [-0.2, -0.15) is 0 Å². The number of aryl methyl sites for hydroxylation is 2. The molecule has 0 bridgehead atoms. The minimum Gasteiger partial charge on any atom is -0.466 e. The Morgan fingerprint density at radius 2 is 1.59 bits per heavy atom. The van der Waals surface area contributed by atoms with Gasteiger partial charge in [0, 0.05) is 18.7 Å². The highest BCUT2D eigenvalue weighted by Crippen LogP contribution is 2.23. The van der Waals surface area contributed by atoms with Crippen molar-refractivity contribution in [1.82, 2.24) is 4.90 Å². The van der Waals surface area contributed by atoms with E-state index < -0.39 is 0 Å². The molecule has 1 aromatic heterocycles. The molecule has 3 heteroatoms. The highest BCUT2D eigenvalue weighted by molar-refractivity contribution is 5.96. The van der Waals surface area contributed by atoms with Crippen LogP contribution in [0.25, 0.3) is 0 Å². The summed E-state index contributed by atoms with van der Waals surface area (Å²) in [6.07, 6.45) is 4.74. The van der Waals surface area contributed by atoms with Crippen molar-refractivity contribution in [2.75, 3.05) is 13.1 Å². The number of hydrogen-bond acceptors (Lipinski definition) is 2. The van der Waals surface area contributed by atoms with Gasteiger partial charge in [-0.1, -0.05) is 12.8 Å². The van der Waals surface area contributed by atoms with Gasteiger partial charge in [0.2, 0.25) is 0 Å². The van der Waals surface area contributed by atoms with Crippen molar-refractivity contribution in [2.45, 2.75) is 46.5 Å². The molecule has 0 radical (unpaired) electrons. The number of hydrogen-bond donors (Lipinski definition) is 0. The molecule has 0 N–H and O–H groups in total. The first kappa shape index (κ1) is 12.2. The van der Waals surface area contributed by atoms with Gasteiger partial charge in [0.15, 0.2) is 0 Å². The lowest BCUT2D eigenvalue weighted by Crippen LogP contribution is -2.32. The van der Waals surface area contributed by atoms with Gasteiger partial charge < -0.3 is 9.32 Å². The van der Waals surface area contributed by atoms with Gasteiger partial charge in [-0.25, -0.2) is 0 Å². The molecular formula is C14H21NO2. The molecule has 0 saturated carbocycles. The Bertz CT molecular complexity index is 412. The Kier molecular flexibility index (Phi) is 3.55. The van der Waals surface area contributed by atoms with Gasteiger partial charge in [0.1, 0.15) is 11.5 Å². The summed E-state index contributed by atoms with van der Waals surface area (Å²) in [5, 5.41) is 0. The van der Waals surface area contributed by atoms with E-state index in [-0.39, 0.29) is 5.91 Å². The first-order valence-corrected chi connectivity index (χ1v) is 6.47. The van der Waals surface area contributed by atoms with E-state index in [1.54, 1.807) is 0 Å². The van der Waals surface area contributed by atoms with Crippen molar-refractivity contribution in [3.05, 3.63) is 22.6 Å². The fourth-order valence-electron chi connectivity index (χ4n) is 2.54. The molecule has 3 nitrogen and oxygen atoms in total. The van der Waals surface area contributed by atoms with Crippen molar-refractivity contribution in [1.29, 1.82) is 0 Å². The van der Waals surface area contributed by atoms with Crippen LogP contribution in [0, 0.1) is 20.8 Å². The second-order valence-corrected chi connectivity index (χ2v) is 4.92. The molecule has 17 heavy (non-hydrogen) atoms. The van der Waals surface area contributed by atoms with E-state index in [0.29, 0.717) is 0 Å². The number of nitrogens with zero attached hydrogens (tertiary/aromatic N) is 1. The quantitative estimate of drug-likeness (QED) is 0.748. The first-order valence-electron chi connectivity index (χ1n) is 6.47. The van der Waals surface area contributed by atoms with Crippen LogP contribution in [0.1, 0.15) is 53.1 Å². The van der Waals surface area contributed by atoms with Gasteiger partial charge in [0.05, 0.1) is 5.56 Å². The van der Waals surface area contributed by atoms with E-state index in [1.165, 1.54) is 12.8 Å². The van der Waals surface area contributed by atoms with E-state index in [1.807, 2.05) is 25.7 Å². The average molecular weight is 235 g/mol. The highest BCUT2D eigenvalue weighted by atomic mass is 16.3. The standard InChI is InChI=1S/C14H21NO2/c1-10-11(2)17-12(3)13(10)14(16)15-8-6-4-5-7-9-15/h4-9H2,1-3H3. The molecule has 1 aliphatic heterocycles. The Morgan fingerprint density at radius 1 is 1.00 bits per heavy atom. The summed E-state index contributed by atoms with van der Waals surface area (Å²) in [5.41, 5.74) is 1.78. The normalized spacial score (nSPS) is 17.0. The van der Waals surface area contributed by atoms with Gasteiger partial charge in [-0.05, 0) is 33.6 Å². The summed E-state index contributed by atoms with van der Waals surface area (Å²) in [5.74, 6) is 1.77. The van der Waals surface area contributed by atoms with Gasteiger partial charge in [0.25, 0.3) is 5.91 Å². The van der Waals surface area contributed by atoms with Crippen molar-refractivity contribution in [3.8, 4) is 0 Å². The maximum atomic E-state index is 12.5. The van der Waals surface area contributed by atoms with Crippen molar-refractivity contribution < 1.29 is 9.21 Å². The second-order valence-electron chi connectivity index (χ2n) is 4.92. The maximum Gasteiger partial charge on any atom is 0.257 e. The van der Waals surface area contributed by atoms with E-state index in [9.17, 15) is 4.79 Å². The molecule has 1 aliphatic rings. The molecule has 1 fully saturated rings. The van der Waals surface area contributed by atoms with Crippen molar-refractivity contribution in [3.63, 3.8) is 0 Å². The molecule has 0 aromatic carbocycles. The zero-order chi connectivity index (χ0) is 12.4. The van der Waals surface area contributed by atoms with Crippen LogP contribution in [0.2, 0.25) is 0 Å². The van der Waals surface area contributed by atoms with Gasteiger partial charge in [-0.15, -0.1) is 0 Å². The lowest BCUT2D eigenvalue weighted by Gasteiger charge is -2.20. The predicted octanol–water partition coefficient (Wildman–Crippen LogP) is 3.22. The maximum absolute atomic E-state index is 12.5. The summed E-state index contributed by atoms with van der Waals surface area (Å²) in [6.45, 7) is 7.55. The van der Waals surface area contributed by atoms with Crippen LogP contribution in [0.3, 0.4) is 0 Å². The molecule has 0 unspecified atom stereocenters. The Hall–Kier alpha value is -1.25. The van der Waals surface area contributed by atoms with Gasteiger partial charge >= 0.3 is 0 Å². The Labute approximate surface area is 103 Å². The predicted molar refractivity (Wildman–Crippen MR) is 67.3 cm³/mol. The molecule has 2 heterocycles. The number of amides is 1. The summed E-state index contributed by atoms with van der Waals surface area (Å²) in [4.78, 5) is 14.5. The molecule has 1 aromatic rings. The summed E-state index contributed by atoms with van der Waals surface area (Å²) in [6, 6.07) is 0. The molecular weight excluding hydrogens is 214 g/mol. The van der Waals surface area contributed by atoms with Gasteiger partial charge in [-0.3, -0.25) is 4.79 Å². The van der Waals surface area contributed by atoms with E-state index in [2.05, 4.69) is 0 Å².